The maximum Gasteiger partial charge on any atom is 0.274 e. The van der Waals surface area contributed by atoms with E-state index in [1.807, 2.05) is 24.3 Å². The van der Waals surface area contributed by atoms with Gasteiger partial charge in [-0.15, -0.1) is 0 Å². The number of rotatable bonds is 4. The topological polar surface area (TPSA) is 68.0 Å². The number of aryl methyl sites for hydroxylation is 1. The van der Waals surface area contributed by atoms with Crippen molar-refractivity contribution < 1.29 is 4.79 Å². The second-order valence-electron chi connectivity index (χ2n) is 4.38. The lowest BCUT2D eigenvalue weighted by atomic mass is 10.1. The van der Waals surface area contributed by atoms with Crippen molar-refractivity contribution in [3.05, 3.63) is 53.9 Å². The van der Waals surface area contributed by atoms with Crippen molar-refractivity contribution in [3.8, 4) is 0 Å². The third kappa shape index (κ3) is 3.55. The van der Waals surface area contributed by atoms with Crippen LogP contribution in [0, 0.1) is 0 Å². The molecule has 1 heterocycles. The maximum atomic E-state index is 11.9. The van der Waals surface area contributed by atoms with Crippen molar-refractivity contribution in [1.29, 1.82) is 0 Å². The molecule has 19 heavy (non-hydrogen) atoms. The zero-order valence-electron chi connectivity index (χ0n) is 10.9. The number of hydrogen-bond donors (Lipinski definition) is 2. The van der Waals surface area contributed by atoms with Gasteiger partial charge in [-0.25, -0.2) is 0 Å². The summed E-state index contributed by atoms with van der Waals surface area (Å²) in [5.74, 6) is -0.254. The van der Waals surface area contributed by atoms with Crippen molar-refractivity contribution in [1.82, 2.24) is 4.98 Å². The van der Waals surface area contributed by atoms with Crippen LogP contribution in [-0.2, 0) is 6.42 Å². The third-order valence-electron chi connectivity index (χ3n) is 2.77. The number of hydrogen-bond acceptors (Lipinski definition) is 3. The van der Waals surface area contributed by atoms with Crippen molar-refractivity contribution in [2.45, 2.75) is 19.8 Å². The van der Waals surface area contributed by atoms with Crippen LogP contribution in [-0.4, -0.2) is 10.9 Å². The van der Waals surface area contributed by atoms with Crippen LogP contribution in [0.1, 0.15) is 29.4 Å². The predicted octanol–water partition coefficient (Wildman–Crippen LogP) is 2.87. The van der Waals surface area contributed by atoms with Crippen LogP contribution in [0.15, 0.2) is 42.6 Å². The number of nitrogens with one attached hydrogen (secondary N) is 1. The van der Waals surface area contributed by atoms with Crippen LogP contribution in [0.25, 0.3) is 0 Å². The van der Waals surface area contributed by atoms with E-state index in [1.165, 1.54) is 11.8 Å². The van der Waals surface area contributed by atoms with E-state index in [0.29, 0.717) is 11.4 Å². The summed E-state index contributed by atoms with van der Waals surface area (Å²) in [5, 5.41) is 2.80. The molecule has 3 N–H and O–H groups in total. The Hall–Kier alpha value is -2.36. The average Bonchev–Trinajstić information content (AvgIpc) is 2.41. The van der Waals surface area contributed by atoms with Gasteiger partial charge < -0.3 is 11.1 Å². The Labute approximate surface area is 112 Å². The molecular formula is C15H17N3O. The first-order valence-corrected chi connectivity index (χ1v) is 6.31. The highest BCUT2D eigenvalue weighted by Gasteiger charge is 2.07. The SMILES string of the molecule is CCCc1ccc(NC(=O)c2cc(N)ccn2)cc1. The molecular weight excluding hydrogens is 238 g/mol. The summed E-state index contributed by atoms with van der Waals surface area (Å²) in [6, 6.07) is 11.0. The molecule has 0 unspecified atom stereocenters. The molecule has 0 radical (unpaired) electrons. The van der Waals surface area contributed by atoms with Gasteiger partial charge in [0.25, 0.3) is 5.91 Å². The predicted molar refractivity (Wildman–Crippen MR) is 77.0 cm³/mol. The Morgan fingerprint density at radius 1 is 1.26 bits per heavy atom. The van der Waals surface area contributed by atoms with E-state index in [1.54, 1.807) is 12.1 Å². The Bertz CT molecular complexity index is 564. The molecule has 0 atom stereocenters. The largest absolute Gasteiger partial charge is 0.399 e. The molecule has 0 saturated carbocycles. The first kappa shape index (κ1) is 13.1. The molecule has 1 aromatic carbocycles. The minimum Gasteiger partial charge on any atom is -0.399 e. The third-order valence-corrected chi connectivity index (χ3v) is 2.77. The number of nitrogens with zero attached hydrogens (tertiary/aromatic N) is 1. The number of pyridine rings is 1. The van der Waals surface area contributed by atoms with E-state index in [9.17, 15) is 4.79 Å². The van der Waals surface area contributed by atoms with Crippen LogP contribution in [0.4, 0.5) is 11.4 Å². The normalized spacial score (nSPS) is 10.2. The van der Waals surface area contributed by atoms with Gasteiger partial charge in [-0.2, -0.15) is 0 Å². The zero-order chi connectivity index (χ0) is 13.7. The molecule has 4 nitrogen and oxygen atoms in total. The van der Waals surface area contributed by atoms with Crippen LogP contribution in [0.5, 0.6) is 0 Å². The summed E-state index contributed by atoms with van der Waals surface area (Å²) in [7, 11) is 0. The summed E-state index contributed by atoms with van der Waals surface area (Å²) in [6.45, 7) is 2.14. The number of aromatic nitrogens is 1. The summed E-state index contributed by atoms with van der Waals surface area (Å²) >= 11 is 0. The molecule has 2 aromatic rings. The van der Waals surface area contributed by atoms with Gasteiger partial charge >= 0.3 is 0 Å². The maximum absolute atomic E-state index is 11.9. The number of benzene rings is 1. The highest BCUT2D eigenvalue weighted by molar-refractivity contribution is 6.03. The highest BCUT2D eigenvalue weighted by Crippen LogP contribution is 2.12. The quantitative estimate of drug-likeness (QED) is 0.882. The van der Waals surface area contributed by atoms with Crippen LogP contribution >= 0.6 is 0 Å². The lowest BCUT2D eigenvalue weighted by molar-refractivity contribution is 0.102. The van der Waals surface area contributed by atoms with E-state index < -0.39 is 0 Å². The first-order valence-electron chi connectivity index (χ1n) is 6.31. The van der Waals surface area contributed by atoms with E-state index >= 15 is 0 Å². The van der Waals surface area contributed by atoms with Gasteiger partial charge in [-0.05, 0) is 36.2 Å². The standard InChI is InChI=1S/C15H17N3O/c1-2-3-11-4-6-13(7-5-11)18-15(19)14-10-12(16)8-9-17-14/h4-10H,2-3H2,1H3,(H2,16,17)(H,18,19). The number of carbonyl (C=O) groups is 1. The van der Waals surface area contributed by atoms with Gasteiger partial charge in [-0.3, -0.25) is 9.78 Å². The first-order chi connectivity index (χ1) is 9.19. The zero-order valence-corrected chi connectivity index (χ0v) is 10.9. The van der Waals surface area contributed by atoms with E-state index in [4.69, 9.17) is 5.73 Å². The molecule has 0 aliphatic rings. The average molecular weight is 255 g/mol. The lowest BCUT2D eigenvalue weighted by Gasteiger charge is -2.06. The molecule has 2 rings (SSSR count). The molecule has 4 heteroatoms. The van der Waals surface area contributed by atoms with Crippen LogP contribution < -0.4 is 11.1 Å². The molecule has 0 spiro atoms. The number of nitrogens with two attached hydrogens (primary N) is 1. The fourth-order valence-electron chi connectivity index (χ4n) is 1.81. The molecule has 98 valence electrons. The highest BCUT2D eigenvalue weighted by atomic mass is 16.1. The van der Waals surface area contributed by atoms with Crippen LogP contribution in [0.3, 0.4) is 0 Å². The van der Waals surface area contributed by atoms with Gasteiger partial charge in [0.1, 0.15) is 5.69 Å². The molecule has 0 fully saturated rings. The van der Waals surface area contributed by atoms with Crippen molar-refractivity contribution in [3.63, 3.8) is 0 Å². The fraction of sp³-hybridized carbons (Fsp3) is 0.200. The monoisotopic (exact) mass is 255 g/mol. The summed E-state index contributed by atoms with van der Waals surface area (Å²) in [4.78, 5) is 15.9. The van der Waals surface area contributed by atoms with Gasteiger partial charge in [0.2, 0.25) is 0 Å². The second kappa shape index (κ2) is 6.00. The van der Waals surface area contributed by atoms with Crippen molar-refractivity contribution >= 4 is 17.3 Å². The Kier molecular flexibility index (Phi) is 4.13. The van der Waals surface area contributed by atoms with Gasteiger partial charge in [0.15, 0.2) is 0 Å². The molecule has 0 aliphatic carbocycles. The minimum absolute atomic E-state index is 0.254. The molecule has 0 bridgehead atoms. The summed E-state index contributed by atoms with van der Waals surface area (Å²) < 4.78 is 0. The van der Waals surface area contributed by atoms with Gasteiger partial charge in [0, 0.05) is 17.6 Å². The lowest BCUT2D eigenvalue weighted by Crippen LogP contribution is -2.13. The summed E-state index contributed by atoms with van der Waals surface area (Å²) in [5.41, 5.74) is 8.49. The van der Waals surface area contributed by atoms with E-state index in [2.05, 4.69) is 17.2 Å². The molecule has 1 amide bonds. The summed E-state index contributed by atoms with van der Waals surface area (Å²) in [6.07, 6.45) is 3.68. The molecule has 1 aromatic heterocycles. The molecule has 0 saturated heterocycles. The number of anilines is 2. The van der Waals surface area contributed by atoms with Gasteiger partial charge in [0.05, 0.1) is 0 Å². The number of amides is 1. The Balaban J connectivity index is 2.06. The second-order valence-corrected chi connectivity index (χ2v) is 4.38. The smallest absolute Gasteiger partial charge is 0.274 e. The Morgan fingerprint density at radius 3 is 2.63 bits per heavy atom. The Morgan fingerprint density at radius 2 is 2.00 bits per heavy atom. The minimum atomic E-state index is -0.254. The number of carbonyl (C=O) groups excluding carboxylic acids is 1. The molecule has 0 aliphatic heterocycles. The van der Waals surface area contributed by atoms with Gasteiger partial charge in [-0.1, -0.05) is 25.5 Å². The van der Waals surface area contributed by atoms with Crippen LogP contribution in [0.2, 0.25) is 0 Å². The van der Waals surface area contributed by atoms with Crippen molar-refractivity contribution in [2.24, 2.45) is 0 Å². The van der Waals surface area contributed by atoms with E-state index in [0.717, 1.165) is 18.5 Å². The van der Waals surface area contributed by atoms with E-state index in [-0.39, 0.29) is 5.91 Å². The fourth-order valence-corrected chi connectivity index (χ4v) is 1.81. The number of nitrogen functional groups attached to an aromatic ring is 1. The van der Waals surface area contributed by atoms with Crippen molar-refractivity contribution in [2.75, 3.05) is 11.1 Å².